The Kier molecular flexibility index (Phi) is 1.82. The zero-order valence-corrected chi connectivity index (χ0v) is 6.81. The van der Waals surface area contributed by atoms with Crippen LogP contribution >= 0.6 is 0 Å². The molecule has 0 atom stereocenters. The minimum Gasteiger partial charge on any atom is -0.624 e. The van der Waals surface area contributed by atoms with Crippen LogP contribution < -0.4 is 0 Å². The summed E-state index contributed by atoms with van der Waals surface area (Å²) in [4.78, 5) is 0. The van der Waals surface area contributed by atoms with Crippen LogP contribution in [0.4, 0.5) is 0 Å². The number of hydrogen-bond acceptors (Lipinski definition) is 1. The van der Waals surface area contributed by atoms with E-state index in [2.05, 4.69) is 0 Å². The maximum Gasteiger partial charge on any atom is 0.182 e. The van der Waals surface area contributed by atoms with Crippen LogP contribution in [0.25, 0.3) is 0 Å². The fourth-order valence-corrected chi connectivity index (χ4v) is 1.12. The van der Waals surface area contributed by atoms with Gasteiger partial charge < -0.3 is 5.21 Å². The van der Waals surface area contributed by atoms with Gasteiger partial charge in [0.2, 0.25) is 0 Å². The molecule has 62 valence electrons. The van der Waals surface area contributed by atoms with Gasteiger partial charge in [0.05, 0.1) is 0 Å². The molecule has 0 heterocycles. The molecule has 0 aliphatic heterocycles. The minimum atomic E-state index is 0.255. The van der Waals surface area contributed by atoms with Crippen LogP contribution in [0.15, 0.2) is 30.3 Å². The fraction of sp³-hybridized carbons (Fsp3) is 0.300. The first-order valence-corrected chi connectivity index (χ1v) is 4.21. The Labute approximate surface area is 71.7 Å². The molecule has 0 spiro atoms. The first-order chi connectivity index (χ1) is 5.86. The van der Waals surface area contributed by atoms with Gasteiger partial charge in [0.25, 0.3) is 0 Å². The van der Waals surface area contributed by atoms with Crippen molar-refractivity contribution >= 4 is 6.21 Å². The number of hydrogen-bond donors (Lipinski definition) is 0. The average Bonchev–Trinajstić information content (AvgIpc) is 2.88. The second kappa shape index (κ2) is 2.97. The molecule has 2 heteroatoms. The molecule has 2 rings (SSSR count). The fourth-order valence-electron chi connectivity index (χ4n) is 1.12. The standard InChI is InChI=1S/C10H11NO/c12-11(10-6-7-10)8-9-4-2-1-3-5-9/h1-5,8,10H,6-7H2/b11-8-. The first kappa shape index (κ1) is 7.35. The molecular weight excluding hydrogens is 150 g/mol. The number of benzene rings is 1. The third kappa shape index (κ3) is 1.64. The Bertz CT molecular complexity index is 288. The van der Waals surface area contributed by atoms with Crippen molar-refractivity contribution in [2.45, 2.75) is 18.9 Å². The van der Waals surface area contributed by atoms with E-state index < -0.39 is 0 Å². The van der Waals surface area contributed by atoms with Gasteiger partial charge in [-0.1, -0.05) is 18.2 Å². The van der Waals surface area contributed by atoms with Crippen LogP contribution in [-0.2, 0) is 0 Å². The van der Waals surface area contributed by atoms with E-state index in [9.17, 15) is 5.21 Å². The van der Waals surface area contributed by atoms with E-state index in [0.29, 0.717) is 0 Å². The van der Waals surface area contributed by atoms with Gasteiger partial charge in [-0.25, -0.2) is 4.74 Å². The van der Waals surface area contributed by atoms with E-state index in [1.165, 1.54) is 0 Å². The Hall–Kier alpha value is -1.31. The predicted molar refractivity (Wildman–Crippen MR) is 48.3 cm³/mol. The summed E-state index contributed by atoms with van der Waals surface area (Å²) in [6.45, 7) is 0. The Morgan fingerprint density at radius 3 is 2.50 bits per heavy atom. The van der Waals surface area contributed by atoms with Gasteiger partial charge in [0.1, 0.15) is 0 Å². The lowest BCUT2D eigenvalue weighted by Crippen LogP contribution is -2.07. The zero-order chi connectivity index (χ0) is 8.39. The summed E-state index contributed by atoms with van der Waals surface area (Å²) in [6, 6.07) is 9.95. The quantitative estimate of drug-likeness (QED) is 0.281. The van der Waals surface area contributed by atoms with Crippen LogP contribution in [0.5, 0.6) is 0 Å². The van der Waals surface area contributed by atoms with Gasteiger partial charge in [0, 0.05) is 18.4 Å². The molecule has 2 nitrogen and oxygen atoms in total. The molecule has 0 aromatic heterocycles. The lowest BCUT2D eigenvalue weighted by atomic mass is 10.2. The summed E-state index contributed by atoms with van der Waals surface area (Å²) in [5.41, 5.74) is 0.986. The summed E-state index contributed by atoms with van der Waals surface area (Å²) in [5.74, 6) is 0. The van der Waals surface area contributed by atoms with Crippen molar-refractivity contribution < 1.29 is 4.74 Å². The third-order valence-corrected chi connectivity index (χ3v) is 1.98. The van der Waals surface area contributed by atoms with Crippen molar-refractivity contribution in [1.82, 2.24) is 0 Å². The van der Waals surface area contributed by atoms with Crippen LogP contribution in [0.1, 0.15) is 18.4 Å². The minimum absolute atomic E-state index is 0.255. The zero-order valence-electron chi connectivity index (χ0n) is 6.81. The average molecular weight is 161 g/mol. The molecule has 1 saturated carbocycles. The molecule has 1 aliphatic rings. The normalized spacial score (nSPS) is 17.8. The number of rotatable bonds is 2. The molecule has 1 aromatic rings. The van der Waals surface area contributed by atoms with Gasteiger partial charge >= 0.3 is 0 Å². The highest BCUT2D eigenvalue weighted by atomic mass is 16.5. The number of hydroxylamine groups is 1. The summed E-state index contributed by atoms with van der Waals surface area (Å²) in [6.07, 6.45) is 3.76. The SMILES string of the molecule is [O-]/[N+](=C\c1ccccc1)C1CC1. The van der Waals surface area contributed by atoms with Crippen molar-refractivity contribution in [2.24, 2.45) is 0 Å². The summed E-state index contributed by atoms with van der Waals surface area (Å²) in [7, 11) is 0. The predicted octanol–water partition coefficient (Wildman–Crippen LogP) is 1.78. The van der Waals surface area contributed by atoms with E-state index in [0.717, 1.165) is 23.1 Å². The Morgan fingerprint density at radius 2 is 1.92 bits per heavy atom. The molecule has 0 N–H and O–H groups in total. The smallest absolute Gasteiger partial charge is 0.182 e. The van der Waals surface area contributed by atoms with Crippen molar-refractivity contribution in [3.05, 3.63) is 41.1 Å². The van der Waals surface area contributed by atoms with Gasteiger partial charge in [-0.2, -0.15) is 0 Å². The van der Waals surface area contributed by atoms with Crippen LogP contribution in [-0.4, -0.2) is 17.0 Å². The maximum atomic E-state index is 11.2. The second-order valence-corrected chi connectivity index (χ2v) is 3.13. The van der Waals surface area contributed by atoms with Crippen molar-refractivity contribution in [2.75, 3.05) is 0 Å². The lowest BCUT2D eigenvalue weighted by molar-refractivity contribution is -0.467. The first-order valence-electron chi connectivity index (χ1n) is 4.21. The Morgan fingerprint density at radius 1 is 1.25 bits per heavy atom. The molecule has 1 aromatic carbocycles. The highest BCUT2D eigenvalue weighted by Gasteiger charge is 2.29. The van der Waals surface area contributed by atoms with Gasteiger partial charge in [-0.05, 0) is 12.1 Å². The van der Waals surface area contributed by atoms with Gasteiger partial charge in [-0.3, -0.25) is 0 Å². The van der Waals surface area contributed by atoms with Crippen LogP contribution in [0.2, 0.25) is 0 Å². The maximum absolute atomic E-state index is 11.2. The van der Waals surface area contributed by atoms with Gasteiger partial charge in [0.15, 0.2) is 12.3 Å². The van der Waals surface area contributed by atoms with E-state index in [-0.39, 0.29) is 6.04 Å². The highest BCUT2D eigenvalue weighted by molar-refractivity contribution is 5.75. The summed E-state index contributed by atoms with van der Waals surface area (Å²) < 4.78 is 1.06. The monoisotopic (exact) mass is 161 g/mol. The molecule has 0 saturated heterocycles. The molecular formula is C10H11NO. The molecule has 0 bridgehead atoms. The van der Waals surface area contributed by atoms with E-state index in [4.69, 9.17) is 0 Å². The second-order valence-electron chi connectivity index (χ2n) is 3.13. The van der Waals surface area contributed by atoms with Crippen molar-refractivity contribution in [3.8, 4) is 0 Å². The van der Waals surface area contributed by atoms with Gasteiger partial charge in [-0.15, -0.1) is 0 Å². The van der Waals surface area contributed by atoms with E-state index in [1.54, 1.807) is 6.21 Å². The van der Waals surface area contributed by atoms with Crippen molar-refractivity contribution in [3.63, 3.8) is 0 Å². The summed E-state index contributed by atoms with van der Waals surface area (Å²) >= 11 is 0. The highest BCUT2D eigenvalue weighted by Crippen LogP contribution is 2.22. The van der Waals surface area contributed by atoms with Crippen LogP contribution in [0.3, 0.4) is 0 Å². The molecule has 0 amide bonds. The lowest BCUT2D eigenvalue weighted by Gasteiger charge is -2.00. The molecule has 0 radical (unpaired) electrons. The van der Waals surface area contributed by atoms with Crippen molar-refractivity contribution in [1.29, 1.82) is 0 Å². The molecule has 1 fully saturated rings. The summed E-state index contributed by atoms with van der Waals surface area (Å²) in [5, 5.41) is 11.2. The molecule has 0 unspecified atom stereocenters. The van der Waals surface area contributed by atoms with E-state index >= 15 is 0 Å². The third-order valence-electron chi connectivity index (χ3n) is 1.98. The van der Waals surface area contributed by atoms with E-state index in [1.807, 2.05) is 30.3 Å². The van der Waals surface area contributed by atoms with Crippen LogP contribution in [0, 0.1) is 5.21 Å². The Balaban J connectivity index is 2.15. The largest absolute Gasteiger partial charge is 0.624 e. The topological polar surface area (TPSA) is 26.1 Å². The number of nitrogens with zero attached hydrogens (tertiary/aromatic N) is 1. The molecule has 1 aliphatic carbocycles. The molecule has 12 heavy (non-hydrogen) atoms.